The smallest absolute Gasteiger partial charge is 0.264 e. The van der Waals surface area contributed by atoms with Crippen molar-refractivity contribution in [3.63, 3.8) is 0 Å². The molecule has 6 nitrogen and oxygen atoms in total. The molecule has 1 N–H and O–H groups in total. The average Bonchev–Trinajstić information content (AvgIpc) is 2.77. The molecule has 0 spiro atoms. The summed E-state index contributed by atoms with van der Waals surface area (Å²) in [6, 6.07) is 22.6. The molecule has 0 saturated heterocycles. The van der Waals surface area contributed by atoms with Crippen LogP contribution in [0.1, 0.15) is 37.4 Å². The molecule has 33 heavy (non-hydrogen) atoms. The number of aryl methyl sites for hydroxylation is 1. The van der Waals surface area contributed by atoms with Gasteiger partial charge in [-0.1, -0.05) is 54.1 Å². The summed E-state index contributed by atoms with van der Waals surface area (Å²) < 4.78 is 34.2. The highest BCUT2D eigenvalue weighted by Gasteiger charge is 2.35. The van der Waals surface area contributed by atoms with Gasteiger partial charge in [0, 0.05) is 12.0 Å². The average molecular weight is 465 g/mol. The van der Waals surface area contributed by atoms with Crippen molar-refractivity contribution in [2.75, 3.05) is 10.8 Å². The molecule has 7 heteroatoms. The number of ether oxygens (including phenoxy) is 1. The van der Waals surface area contributed by atoms with Gasteiger partial charge >= 0.3 is 0 Å². The van der Waals surface area contributed by atoms with Crippen LogP contribution in [0, 0.1) is 6.92 Å². The molecule has 0 aliphatic carbocycles. The number of anilines is 1. The number of carbonyl (C=O) groups excluding carboxylic acids is 1. The molecule has 1 atom stereocenters. The fraction of sp³-hybridized carbons (Fsp3) is 0.269. The van der Waals surface area contributed by atoms with Gasteiger partial charge in [0.05, 0.1) is 16.6 Å². The van der Waals surface area contributed by atoms with Crippen LogP contribution in [0.4, 0.5) is 5.69 Å². The number of hydrogen-bond acceptors (Lipinski definition) is 4. The molecule has 4 rings (SSSR count). The van der Waals surface area contributed by atoms with Gasteiger partial charge in [-0.25, -0.2) is 8.42 Å². The number of sulfonamides is 1. The summed E-state index contributed by atoms with van der Waals surface area (Å²) in [5.41, 5.74) is 1.82. The normalized spacial score (nSPS) is 16.9. The minimum Gasteiger partial charge on any atom is -0.487 e. The number of nitrogens with one attached hydrogen (secondary N) is 1. The van der Waals surface area contributed by atoms with Crippen LogP contribution < -0.4 is 14.4 Å². The van der Waals surface area contributed by atoms with Gasteiger partial charge in [-0.3, -0.25) is 9.10 Å². The highest BCUT2D eigenvalue weighted by Crippen LogP contribution is 2.39. The van der Waals surface area contributed by atoms with Crippen molar-refractivity contribution in [2.45, 2.75) is 43.7 Å². The lowest BCUT2D eigenvalue weighted by atomic mass is 9.89. The maximum absolute atomic E-state index is 13.5. The maximum atomic E-state index is 13.5. The van der Waals surface area contributed by atoms with E-state index in [4.69, 9.17) is 4.74 Å². The molecule has 1 aliphatic rings. The predicted molar refractivity (Wildman–Crippen MR) is 129 cm³/mol. The van der Waals surface area contributed by atoms with Crippen molar-refractivity contribution in [2.24, 2.45) is 0 Å². The van der Waals surface area contributed by atoms with E-state index >= 15 is 0 Å². The number of amides is 1. The first-order chi connectivity index (χ1) is 15.7. The molecular weight excluding hydrogens is 436 g/mol. The molecule has 0 radical (unpaired) electrons. The number of benzene rings is 3. The fourth-order valence-corrected chi connectivity index (χ4v) is 5.47. The molecule has 1 aliphatic heterocycles. The highest BCUT2D eigenvalue weighted by molar-refractivity contribution is 7.92. The van der Waals surface area contributed by atoms with Crippen LogP contribution in [0.15, 0.2) is 83.8 Å². The Labute approximate surface area is 195 Å². The summed E-state index contributed by atoms with van der Waals surface area (Å²) in [7, 11) is -3.94. The van der Waals surface area contributed by atoms with E-state index in [1.54, 1.807) is 54.6 Å². The van der Waals surface area contributed by atoms with Crippen LogP contribution in [0.3, 0.4) is 0 Å². The number of nitrogens with zero attached hydrogens (tertiary/aromatic N) is 1. The summed E-state index contributed by atoms with van der Waals surface area (Å²) in [4.78, 5) is 13.3. The van der Waals surface area contributed by atoms with Gasteiger partial charge in [0.1, 0.15) is 17.9 Å². The Morgan fingerprint density at radius 2 is 1.64 bits per heavy atom. The van der Waals surface area contributed by atoms with E-state index in [1.165, 1.54) is 0 Å². The minimum absolute atomic E-state index is 0.141. The zero-order valence-corrected chi connectivity index (χ0v) is 19.8. The molecule has 1 heterocycles. The third-order valence-corrected chi connectivity index (χ3v) is 7.44. The van der Waals surface area contributed by atoms with E-state index in [-0.39, 0.29) is 23.4 Å². The molecule has 0 fully saturated rings. The van der Waals surface area contributed by atoms with Gasteiger partial charge < -0.3 is 10.1 Å². The molecule has 0 aromatic heterocycles. The van der Waals surface area contributed by atoms with Crippen molar-refractivity contribution >= 4 is 21.6 Å². The Balaban J connectivity index is 1.62. The van der Waals surface area contributed by atoms with E-state index in [1.807, 2.05) is 45.0 Å². The van der Waals surface area contributed by atoms with Gasteiger partial charge in [-0.15, -0.1) is 0 Å². The largest absolute Gasteiger partial charge is 0.487 e. The number of hydrogen-bond donors (Lipinski definition) is 1. The lowest BCUT2D eigenvalue weighted by molar-refractivity contribution is -0.120. The third kappa shape index (κ3) is 5.03. The van der Waals surface area contributed by atoms with Gasteiger partial charge in [0.2, 0.25) is 5.91 Å². The van der Waals surface area contributed by atoms with E-state index in [2.05, 4.69) is 5.32 Å². The zero-order chi connectivity index (χ0) is 23.6. The number of carbonyl (C=O) groups is 1. The van der Waals surface area contributed by atoms with E-state index < -0.39 is 15.6 Å². The second kappa shape index (κ2) is 8.90. The second-order valence-corrected chi connectivity index (χ2v) is 10.7. The van der Waals surface area contributed by atoms with Gasteiger partial charge in [0.15, 0.2) is 0 Å². The Morgan fingerprint density at radius 1 is 1.00 bits per heavy atom. The Morgan fingerprint density at radius 3 is 2.33 bits per heavy atom. The summed E-state index contributed by atoms with van der Waals surface area (Å²) in [6.45, 7) is 5.51. The van der Waals surface area contributed by atoms with Crippen LogP contribution in [0.2, 0.25) is 0 Å². The zero-order valence-electron chi connectivity index (χ0n) is 19.0. The SMILES string of the molecule is Cc1ccc(S(=O)(=O)N(CC(=O)NC2CC(C)(C)Oc3ccccc32)c2ccccc2)cc1. The van der Waals surface area contributed by atoms with Crippen LogP contribution in [-0.4, -0.2) is 26.5 Å². The predicted octanol–water partition coefficient (Wildman–Crippen LogP) is 4.61. The van der Waals surface area contributed by atoms with Crippen LogP contribution in [0.25, 0.3) is 0 Å². The molecule has 1 amide bonds. The highest BCUT2D eigenvalue weighted by atomic mass is 32.2. The Bertz CT molecular complexity index is 1240. The first kappa shape index (κ1) is 22.9. The van der Waals surface area contributed by atoms with Crippen molar-refractivity contribution in [1.29, 1.82) is 0 Å². The lowest BCUT2D eigenvalue weighted by Gasteiger charge is -2.38. The monoisotopic (exact) mass is 464 g/mol. The van der Waals surface area contributed by atoms with Crippen molar-refractivity contribution in [1.82, 2.24) is 5.32 Å². The number of fused-ring (bicyclic) bond motifs is 1. The summed E-state index contributed by atoms with van der Waals surface area (Å²) in [6.07, 6.45) is 0.575. The van der Waals surface area contributed by atoms with Crippen molar-refractivity contribution in [3.8, 4) is 5.75 Å². The molecule has 3 aromatic rings. The summed E-state index contributed by atoms with van der Waals surface area (Å²) >= 11 is 0. The summed E-state index contributed by atoms with van der Waals surface area (Å²) in [5.74, 6) is 0.346. The number of rotatable bonds is 6. The summed E-state index contributed by atoms with van der Waals surface area (Å²) in [5, 5.41) is 3.04. The number of para-hydroxylation sites is 2. The van der Waals surface area contributed by atoms with Gasteiger partial charge in [-0.2, -0.15) is 0 Å². The Hall–Kier alpha value is -3.32. The standard InChI is InChI=1S/C26H28N2O4S/c1-19-13-15-21(16-14-19)33(30,31)28(20-9-5-4-6-10-20)18-25(29)27-23-17-26(2,3)32-24-12-8-7-11-22(23)24/h4-16,23H,17-18H2,1-3H3,(H,27,29). The molecule has 1 unspecified atom stereocenters. The second-order valence-electron chi connectivity index (χ2n) is 8.88. The van der Waals surface area contributed by atoms with E-state index in [0.29, 0.717) is 12.1 Å². The first-order valence-electron chi connectivity index (χ1n) is 10.9. The van der Waals surface area contributed by atoms with Crippen molar-refractivity contribution < 1.29 is 17.9 Å². The van der Waals surface area contributed by atoms with Crippen LogP contribution in [0.5, 0.6) is 5.75 Å². The first-order valence-corrected chi connectivity index (χ1v) is 12.3. The van der Waals surface area contributed by atoms with Gasteiger partial charge in [0.25, 0.3) is 10.0 Å². The topological polar surface area (TPSA) is 75.7 Å². The molecular formula is C26H28N2O4S. The third-order valence-electron chi connectivity index (χ3n) is 5.65. The molecule has 3 aromatic carbocycles. The molecule has 0 saturated carbocycles. The van der Waals surface area contributed by atoms with Crippen LogP contribution >= 0.6 is 0 Å². The maximum Gasteiger partial charge on any atom is 0.264 e. The van der Waals surface area contributed by atoms with Crippen molar-refractivity contribution in [3.05, 3.63) is 90.0 Å². The van der Waals surface area contributed by atoms with Gasteiger partial charge in [-0.05, 0) is 51.1 Å². The molecule has 0 bridgehead atoms. The molecule has 172 valence electrons. The quantitative estimate of drug-likeness (QED) is 0.578. The van der Waals surface area contributed by atoms with E-state index in [9.17, 15) is 13.2 Å². The lowest BCUT2D eigenvalue weighted by Crippen LogP contribution is -2.45. The van der Waals surface area contributed by atoms with E-state index in [0.717, 1.165) is 21.2 Å². The van der Waals surface area contributed by atoms with Crippen LogP contribution in [-0.2, 0) is 14.8 Å². The Kier molecular flexibility index (Phi) is 6.17. The fourth-order valence-electron chi connectivity index (χ4n) is 4.05. The minimum atomic E-state index is -3.94.